The van der Waals surface area contributed by atoms with Crippen LogP contribution in [0.4, 0.5) is 5.00 Å². The van der Waals surface area contributed by atoms with E-state index >= 15 is 0 Å². The van der Waals surface area contributed by atoms with Gasteiger partial charge in [-0.25, -0.2) is 0 Å². The molecule has 5 nitrogen and oxygen atoms in total. The second kappa shape index (κ2) is 8.12. The monoisotopic (exact) mass is 349 g/mol. The van der Waals surface area contributed by atoms with Crippen molar-refractivity contribution in [2.24, 2.45) is 0 Å². The van der Waals surface area contributed by atoms with Crippen LogP contribution in [0.2, 0.25) is 0 Å². The molecule has 0 aromatic carbocycles. The Balaban J connectivity index is 1.69. The van der Waals surface area contributed by atoms with Crippen molar-refractivity contribution in [3.63, 3.8) is 0 Å². The van der Waals surface area contributed by atoms with Crippen LogP contribution < -0.4 is 10.6 Å². The molecule has 24 heavy (non-hydrogen) atoms. The van der Waals surface area contributed by atoms with Gasteiger partial charge < -0.3 is 20.8 Å². The average Bonchev–Trinajstić information content (AvgIpc) is 3.01. The van der Waals surface area contributed by atoms with Crippen molar-refractivity contribution in [1.82, 2.24) is 5.32 Å². The molecule has 1 amide bonds. The van der Waals surface area contributed by atoms with Gasteiger partial charge in [0.15, 0.2) is 0 Å². The molecule has 3 N–H and O–H groups in total. The van der Waals surface area contributed by atoms with E-state index in [1.165, 1.54) is 30.6 Å². The summed E-state index contributed by atoms with van der Waals surface area (Å²) < 4.78 is 5.40. The van der Waals surface area contributed by atoms with Gasteiger partial charge in [0.1, 0.15) is 0 Å². The average molecular weight is 350 g/mol. The smallest absolute Gasteiger partial charge is 0.261 e. The molecule has 1 saturated heterocycles. The number of hydrogen-bond acceptors (Lipinski definition) is 5. The highest BCUT2D eigenvalue weighted by molar-refractivity contribution is 7.18. The summed E-state index contributed by atoms with van der Waals surface area (Å²) in [7, 11) is 0. The summed E-state index contributed by atoms with van der Waals surface area (Å²) in [5.41, 5.74) is 1.35. The minimum Gasteiger partial charge on any atom is -0.381 e. The quantitative estimate of drug-likeness (QED) is 0.708. The molecule has 2 aliphatic rings. The van der Waals surface area contributed by atoms with Crippen LogP contribution >= 0.6 is 11.3 Å². The van der Waals surface area contributed by atoms with Crippen LogP contribution in [-0.2, 0) is 4.74 Å². The lowest BCUT2D eigenvalue weighted by Crippen LogP contribution is -2.35. The number of nitrogens with one attached hydrogen (secondary N) is 3. The van der Waals surface area contributed by atoms with Crippen LogP contribution in [0.5, 0.6) is 0 Å². The fourth-order valence-electron chi connectivity index (χ4n) is 3.42. The molecule has 2 heterocycles. The number of ether oxygens (including phenoxy) is 1. The van der Waals surface area contributed by atoms with Gasteiger partial charge in [-0.1, -0.05) is 19.3 Å². The Labute approximate surface area is 147 Å². The zero-order chi connectivity index (χ0) is 16.9. The molecule has 0 unspecified atom stereocenters. The largest absolute Gasteiger partial charge is 0.381 e. The summed E-state index contributed by atoms with van der Waals surface area (Å²) in [4.78, 5) is 13.3. The first-order chi connectivity index (χ1) is 11.6. The molecular formula is C18H27N3O2S. The van der Waals surface area contributed by atoms with E-state index in [0.29, 0.717) is 22.7 Å². The molecule has 1 saturated carbocycles. The Hall–Kier alpha value is -1.40. The lowest BCUT2D eigenvalue weighted by molar-refractivity contribution is 0.0904. The van der Waals surface area contributed by atoms with Gasteiger partial charge in [0, 0.05) is 36.6 Å². The number of carbonyl (C=O) groups excluding carboxylic acids is 1. The molecule has 1 aromatic heterocycles. The van der Waals surface area contributed by atoms with Crippen molar-refractivity contribution in [1.29, 1.82) is 5.41 Å². The minimum absolute atomic E-state index is 0.00873. The van der Waals surface area contributed by atoms with Gasteiger partial charge in [-0.2, -0.15) is 0 Å². The number of rotatable bonds is 5. The first kappa shape index (κ1) is 17.4. The summed E-state index contributed by atoms with van der Waals surface area (Å²) in [5, 5.41) is 15.7. The van der Waals surface area contributed by atoms with Gasteiger partial charge in [-0.05, 0) is 38.7 Å². The minimum atomic E-state index is 0.00873. The van der Waals surface area contributed by atoms with E-state index in [2.05, 4.69) is 10.6 Å². The van der Waals surface area contributed by atoms with Crippen molar-refractivity contribution in [3.8, 4) is 0 Å². The Bertz CT molecular complexity index is 587. The standard InChI is InChI=1S/C18H27N3O2S/c1-12(19)15-11-16(17(22)20-13-5-3-2-4-6-13)24-18(15)21-14-7-9-23-10-8-14/h11,13-14,19,21H,2-10H2,1H3,(H,20,22). The highest BCUT2D eigenvalue weighted by atomic mass is 32.1. The Kier molecular flexibility index (Phi) is 5.89. The van der Waals surface area contributed by atoms with Crippen molar-refractivity contribution < 1.29 is 9.53 Å². The van der Waals surface area contributed by atoms with E-state index in [1.807, 2.05) is 6.07 Å². The van der Waals surface area contributed by atoms with Crippen molar-refractivity contribution in [3.05, 3.63) is 16.5 Å². The molecule has 1 aromatic rings. The molecule has 1 aliphatic heterocycles. The van der Waals surface area contributed by atoms with E-state index < -0.39 is 0 Å². The second-order valence-electron chi connectivity index (χ2n) is 6.82. The maximum atomic E-state index is 12.6. The molecule has 6 heteroatoms. The van der Waals surface area contributed by atoms with Gasteiger partial charge in [-0.3, -0.25) is 4.79 Å². The van der Waals surface area contributed by atoms with Crippen LogP contribution in [0.1, 0.15) is 67.1 Å². The lowest BCUT2D eigenvalue weighted by Gasteiger charge is -2.24. The third-order valence-corrected chi connectivity index (χ3v) is 5.92. The maximum Gasteiger partial charge on any atom is 0.261 e. The zero-order valence-corrected chi connectivity index (χ0v) is 15.1. The number of thiophene rings is 1. The molecule has 0 spiro atoms. The second-order valence-corrected chi connectivity index (χ2v) is 7.87. The summed E-state index contributed by atoms with van der Waals surface area (Å²) in [6.45, 7) is 3.33. The highest BCUT2D eigenvalue weighted by Gasteiger charge is 2.22. The van der Waals surface area contributed by atoms with Gasteiger partial charge >= 0.3 is 0 Å². The number of anilines is 1. The molecule has 0 bridgehead atoms. The summed E-state index contributed by atoms with van der Waals surface area (Å²) >= 11 is 1.47. The summed E-state index contributed by atoms with van der Waals surface area (Å²) in [6, 6.07) is 2.54. The number of amides is 1. The number of carbonyl (C=O) groups is 1. The van der Waals surface area contributed by atoms with E-state index in [0.717, 1.165) is 49.5 Å². The lowest BCUT2D eigenvalue weighted by atomic mass is 9.95. The summed E-state index contributed by atoms with van der Waals surface area (Å²) in [6.07, 6.45) is 7.80. The fourth-order valence-corrected chi connectivity index (χ4v) is 4.52. The molecule has 1 aliphatic carbocycles. The third kappa shape index (κ3) is 4.36. The molecule has 0 atom stereocenters. The SMILES string of the molecule is CC(=N)c1cc(C(=O)NC2CCCCC2)sc1NC1CCOCC1. The molecule has 2 fully saturated rings. The topological polar surface area (TPSA) is 74.2 Å². The van der Waals surface area contributed by atoms with Crippen LogP contribution in [0.15, 0.2) is 6.07 Å². The normalized spacial score (nSPS) is 19.9. The van der Waals surface area contributed by atoms with Gasteiger partial charge in [0.25, 0.3) is 5.91 Å². The van der Waals surface area contributed by atoms with E-state index in [9.17, 15) is 4.79 Å². The van der Waals surface area contributed by atoms with Crippen molar-refractivity contribution >= 4 is 28.0 Å². The fraction of sp³-hybridized carbons (Fsp3) is 0.667. The van der Waals surface area contributed by atoms with Crippen LogP contribution in [0, 0.1) is 5.41 Å². The van der Waals surface area contributed by atoms with Gasteiger partial charge in [-0.15, -0.1) is 11.3 Å². The van der Waals surface area contributed by atoms with Crippen molar-refractivity contribution in [2.45, 2.75) is 64.0 Å². The first-order valence-corrected chi connectivity index (χ1v) is 9.79. The zero-order valence-electron chi connectivity index (χ0n) is 14.3. The van der Waals surface area contributed by atoms with Crippen LogP contribution in [0.25, 0.3) is 0 Å². The summed E-state index contributed by atoms with van der Waals surface area (Å²) in [5.74, 6) is 0.00873. The molecule has 3 rings (SSSR count). The predicted octanol–water partition coefficient (Wildman–Crippen LogP) is 3.79. The molecule has 0 radical (unpaired) electrons. The van der Waals surface area contributed by atoms with Gasteiger partial charge in [0.2, 0.25) is 0 Å². The Morgan fingerprint density at radius 1 is 1.17 bits per heavy atom. The predicted molar refractivity (Wildman–Crippen MR) is 98.6 cm³/mol. The Morgan fingerprint density at radius 2 is 1.88 bits per heavy atom. The van der Waals surface area contributed by atoms with E-state index in [4.69, 9.17) is 10.1 Å². The maximum absolute atomic E-state index is 12.6. The molecular weight excluding hydrogens is 322 g/mol. The molecule has 132 valence electrons. The highest BCUT2D eigenvalue weighted by Crippen LogP contribution is 2.31. The van der Waals surface area contributed by atoms with Crippen molar-refractivity contribution in [2.75, 3.05) is 18.5 Å². The third-order valence-electron chi connectivity index (χ3n) is 4.86. The van der Waals surface area contributed by atoms with E-state index in [-0.39, 0.29) is 5.91 Å². The van der Waals surface area contributed by atoms with Crippen LogP contribution in [0.3, 0.4) is 0 Å². The van der Waals surface area contributed by atoms with Crippen LogP contribution in [-0.4, -0.2) is 36.9 Å². The number of hydrogen-bond donors (Lipinski definition) is 3. The first-order valence-electron chi connectivity index (χ1n) is 8.98. The van der Waals surface area contributed by atoms with E-state index in [1.54, 1.807) is 6.92 Å². The Morgan fingerprint density at radius 3 is 2.54 bits per heavy atom. The van der Waals surface area contributed by atoms with Gasteiger partial charge in [0.05, 0.1) is 9.88 Å².